The van der Waals surface area contributed by atoms with Gasteiger partial charge in [-0.25, -0.2) is 0 Å². The van der Waals surface area contributed by atoms with E-state index in [1.807, 2.05) is 0 Å². The lowest BCUT2D eigenvalue weighted by molar-refractivity contribution is -0.168. The molecule has 16 heavy (non-hydrogen) atoms. The van der Waals surface area contributed by atoms with Gasteiger partial charge in [-0.1, -0.05) is 0 Å². The number of rotatable bonds is 5. The van der Waals surface area contributed by atoms with Gasteiger partial charge in [-0.3, -0.25) is 0 Å². The van der Waals surface area contributed by atoms with Crippen LogP contribution in [0.4, 0.5) is 0 Å². The van der Waals surface area contributed by atoms with Crippen molar-refractivity contribution in [2.75, 3.05) is 13.2 Å². The minimum atomic E-state index is -0.000577. The lowest BCUT2D eigenvalue weighted by Gasteiger charge is -2.22. The average molecular weight is 241 g/mol. The van der Waals surface area contributed by atoms with E-state index in [0.29, 0.717) is 13.2 Å². The van der Waals surface area contributed by atoms with Crippen LogP contribution in [-0.4, -0.2) is 19.4 Å². The van der Waals surface area contributed by atoms with E-state index >= 15 is 0 Å². The first-order chi connectivity index (χ1) is 7.90. The van der Waals surface area contributed by atoms with Gasteiger partial charge in [-0.05, 0) is 49.2 Å². The molecular formula is C12H19NO2S. The van der Waals surface area contributed by atoms with Gasteiger partial charge in [0.15, 0.2) is 6.29 Å². The Morgan fingerprint density at radius 1 is 1.50 bits per heavy atom. The van der Waals surface area contributed by atoms with Gasteiger partial charge in [-0.2, -0.15) is 0 Å². The fraction of sp³-hybridized carbons (Fsp3) is 0.667. The van der Waals surface area contributed by atoms with Crippen molar-refractivity contribution in [3.8, 4) is 0 Å². The molecule has 1 fully saturated rings. The van der Waals surface area contributed by atoms with E-state index in [0.717, 1.165) is 25.9 Å². The third-order valence-corrected chi connectivity index (χ3v) is 3.79. The Balaban J connectivity index is 1.81. The van der Waals surface area contributed by atoms with E-state index in [-0.39, 0.29) is 6.29 Å². The maximum atomic E-state index is 5.76. The third-order valence-electron chi connectivity index (χ3n) is 2.77. The van der Waals surface area contributed by atoms with E-state index < -0.39 is 0 Å². The van der Waals surface area contributed by atoms with Crippen LogP contribution in [0.15, 0.2) is 11.4 Å². The predicted molar refractivity (Wildman–Crippen MR) is 65.5 cm³/mol. The van der Waals surface area contributed by atoms with Crippen LogP contribution < -0.4 is 5.73 Å². The Morgan fingerprint density at radius 3 is 3.19 bits per heavy atom. The van der Waals surface area contributed by atoms with Gasteiger partial charge in [0.2, 0.25) is 0 Å². The van der Waals surface area contributed by atoms with Crippen LogP contribution in [0, 0.1) is 0 Å². The summed E-state index contributed by atoms with van der Waals surface area (Å²) < 4.78 is 11.3. The highest BCUT2D eigenvalue weighted by molar-refractivity contribution is 7.10. The maximum absolute atomic E-state index is 5.76. The Hall–Kier alpha value is -0.420. The molecule has 0 aliphatic carbocycles. The second-order valence-corrected chi connectivity index (χ2v) is 5.02. The highest BCUT2D eigenvalue weighted by atomic mass is 32.1. The summed E-state index contributed by atoms with van der Waals surface area (Å²) in [5.41, 5.74) is 6.84. The highest BCUT2D eigenvalue weighted by Gasteiger charge is 2.14. The summed E-state index contributed by atoms with van der Waals surface area (Å²) >= 11 is 1.76. The fourth-order valence-electron chi connectivity index (χ4n) is 1.87. The molecule has 0 aromatic carbocycles. The molecule has 0 spiro atoms. The van der Waals surface area contributed by atoms with E-state index in [1.54, 1.807) is 11.3 Å². The molecule has 2 N–H and O–H groups in total. The molecule has 2 heterocycles. The molecule has 0 amide bonds. The molecule has 0 bridgehead atoms. The van der Waals surface area contributed by atoms with Crippen molar-refractivity contribution in [2.45, 2.75) is 38.6 Å². The van der Waals surface area contributed by atoms with E-state index in [1.165, 1.54) is 16.9 Å². The molecule has 1 aromatic rings. The lowest BCUT2D eigenvalue weighted by atomic mass is 10.2. The molecule has 1 aromatic heterocycles. The summed E-state index contributed by atoms with van der Waals surface area (Å²) in [7, 11) is 0. The summed E-state index contributed by atoms with van der Waals surface area (Å²) in [5, 5.41) is 2.10. The topological polar surface area (TPSA) is 44.5 Å². The van der Waals surface area contributed by atoms with E-state index in [4.69, 9.17) is 15.2 Å². The summed E-state index contributed by atoms with van der Waals surface area (Å²) in [5.74, 6) is 0. The summed E-state index contributed by atoms with van der Waals surface area (Å²) in [6, 6.07) is 2.12. The van der Waals surface area contributed by atoms with Crippen molar-refractivity contribution >= 4 is 11.3 Å². The van der Waals surface area contributed by atoms with Crippen molar-refractivity contribution in [3.63, 3.8) is 0 Å². The average Bonchev–Trinajstić information content (AvgIpc) is 2.76. The molecule has 1 aliphatic rings. The Morgan fingerprint density at radius 2 is 2.44 bits per heavy atom. The number of nitrogens with two attached hydrogens (primary N) is 1. The Bertz CT molecular complexity index is 308. The maximum Gasteiger partial charge on any atom is 0.158 e. The molecule has 4 heteroatoms. The second kappa shape index (κ2) is 6.35. The van der Waals surface area contributed by atoms with Gasteiger partial charge in [0.05, 0.1) is 6.61 Å². The van der Waals surface area contributed by atoms with Crippen LogP contribution in [-0.2, 0) is 22.5 Å². The van der Waals surface area contributed by atoms with Crippen LogP contribution in [0.25, 0.3) is 0 Å². The molecule has 0 radical (unpaired) electrons. The normalized spacial score (nSPS) is 21.2. The zero-order chi connectivity index (χ0) is 11.2. The van der Waals surface area contributed by atoms with Crippen molar-refractivity contribution in [3.05, 3.63) is 21.9 Å². The van der Waals surface area contributed by atoms with Gasteiger partial charge in [0.25, 0.3) is 0 Å². The predicted octanol–water partition coefficient (Wildman–Crippen LogP) is 2.29. The third kappa shape index (κ3) is 3.28. The van der Waals surface area contributed by atoms with Crippen LogP contribution in [0.2, 0.25) is 0 Å². The molecule has 3 nitrogen and oxygen atoms in total. The van der Waals surface area contributed by atoms with Crippen LogP contribution in [0.1, 0.15) is 29.7 Å². The van der Waals surface area contributed by atoms with Crippen LogP contribution in [0.5, 0.6) is 0 Å². The van der Waals surface area contributed by atoms with Crippen molar-refractivity contribution in [2.24, 2.45) is 5.73 Å². The molecule has 1 unspecified atom stereocenters. The fourth-order valence-corrected chi connectivity index (χ4v) is 2.78. The van der Waals surface area contributed by atoms with Crippen LogP contribution in [0.3, 0.4) is 0 Å². The first kappa shape index (κ1) is 12.0. The van der Waals surface area contributed by atoms with Crippen molar-refractivity contribution < 1.29 is 9.47 Å². The quantitative estimate of drug-likeness (QED) is 0.860. The molecule has 1 atom stereocenters. The monoisotopic (exact) mass is 241 g/mol. The molecule has 2 rings (SSSR count). The smallest absolute Gasteiger partial charge is 0.158 e. The molecule has 0 saturated carbocycles. The molecule has 1 aliphatic heterocycles. The largest absolute Gasteiger partial charge is 0.353 e. The molecule has 90 valence electrons. The molecule has 1 saturated heterocycles. The van der Waals surface area contributed by atoms with Gasteiger partial charge >= 0.3 is 0 Å². The van der Waals surface area contributed by atoms with Crippen molar-refractivity contribution in [1.82, 2.24) is 0 Å². The number of thiophene rings is 1. The summed E-state index contributed by atoms with van der Waals surface area (Å²) in [6.07, 6.45) is 4.35. The lowest BCUT2D eigenvalue weighted by Crippen LogP contribution is -2.22. The van der Waals surface area contributed by atoms with Gasteiger partial charge in [-0.15, -0.1) is 11.3 Å². The minimum absolute atomic E-state index is 0.000577. The summed E-state index contributed by atoms with van der Waals surface area (Å²) in [6.45, 7) is 2.20. The number of hydrogen-bond acceptors (Lipinski definition) is 4. The minimum Gasteiger partial charge on any atom is -0.353 e. The van der Waals surface area contributed by atoms with Crippen LogP contribution >= 0.6 is 11.3 Å². The first-order valence-corrected chi connectivity index (χ1v) is 6.76. The zero-order valence-electron chi connectivity index (χ0n) is 9.48. The van der Waals surface area contributed by atoms with Gasteiger partial charge in [0.1, 0.15) is 0 Å². The Kier molecular flexibility index (Phi) is 4.78. The summed E-state index contributed by atoms with van der Waals surface area (Å²) in [4.78, 5) is 1.35. The second-order valence-electron chi connectivity index (χ2n) is 4.01. The Labute approximate surface area is 101 Å². The molecular weight excluding hydrogens is 222 g/mol. The van der Waals surface area contributed by atoms with Gasteiger partial charge in [0, 0.05) is 11.5 Å². The van der Waals surface area contributed by atoms with Gasteiger partial charge < -0.3 is 15.2 Å². The van der Waals surface area contributed by atoms with E-state index in [2.05, 4.69) is 11.4 Å². The zero-order valence-corrected chi connectivity index (χ0v) is 10.3. The standard InChI is InChI=1S/C12H19NO2S/c13-6-4-11-10(5-8-16-11)9-15-12-3-1-2-7-14-12/h5,8,12H,1-4,6-7,9,13H2. The number of hydrogen-bond donors (Lipinski definition) is 1. The SMILES string of the molecule is NCCc1sccc1COC1CCCCO1. The number of ether oxygens (including phenoxy) is 2. The van der Waals surface area contributed by atoms with Crippen molar-refractivity contribution in [1.29, 1.82) is 0 Å². The van der Waals surface area contributed by atoms with E-state index in [9.17, 15) is 0 Å². The first-order valence-electron chi connectivity index (χ1n) is 5.88. The highest BCUT2D eigenvalue weighted by Crippen LogP contribution is 2.21.